The topological polar surface area (TPSA) is 38.7 Å². The van der Waals surface area contributed by atoms with Gasteiger partial charge in [0.2, 0.25) is 0 Å². The summed E-state index contributed by atoms with van der Waals surface area (Å²) in [5.41, 5.74) is 3.09. The van der Waals surface area contributed by atoms with Crippen LogP contribution < -0.4 is 0 Å². The summed E-state index contributed by atoms with van der Waals surface area (Å²) in [5.74, 6) is 0. The minimum absolute atomic E-state index is 0.294. The van der Waals surface area contributed by atoms with E-state index >= 15 is 0 Å². The molecule has 0 fully saturated rings. The predicted molar refractivity (Wildman–Crippen MR) is 102 cm³/mol. The molecule has 3 nitrogen and oxygen atoms in total. The van der Waals surface area contributed by atoms with E-state index in [1.807, 2.05) is 62.4 Å². The maximum Gasteiger partial charge on any atom is 0.157 e. The lowest BCUT2D eigenvalue weighted by Crippen LogP contribution is -2.30. The van der Waals surface area contributed by atoms with E-state index in [1.54, 1.807) is 0 Å². The van der Waals surface area contributed by atoms with Crippen molar-refractivity contribution in [3.63, 3.8) is 0 Å². The molecule has 0 aliphatic carbocycles. The Labute approximate surface area is 151 Å². The van der Waals surface area contributed by atoms with Crippen LogP contribution >= 0.6 is 0 Å². The van der Waals surface area contributed by atoms with E-state index in [0.717, 1.165) is 11.1 Å². The van der Waals surface area contributed by atoms with E-state index in [1.165, 1.54) is 11.1 Å². The van der Waals surface area contributed by atoms with E-state index in [2.05, 4.69) is 13.8 Å². The van der Waals surface area contributed by atoms with Crippen molar-refractivity contribution in [3.05, 3.63) is 70.8 Å². The van der Waals surface area contributed by atoms with Gasteiger partial charge in [-0.2, -0.15) is 0 Å². The van der Waals surface area contributed by atoms with Crippen LogP contribution in [0.15, 0.2) is 48.5 Å². The molecule has 0 aliphatic heterocycles. The molecule has 0 saturated carbocycles. The highest BCUT2D eigenvalue weighted by molar-refractivity contribution is 5.38. The van der Waals surface area contributed by atoms with Crippen molar-refractivity contribution in [2.75, 3.05) is 13.2 Å². The summed E-state index contributed by atoms with van der Waals surface area (Å²) in [4.78, 5) is 0. The highest BCUT2D eigenvalue weighted by Crippen LogP contribution is 2.35. The molecule has 0 bridgehead atoms. The number of rotatable bonds is 9. The fourth-order valence-corrected chi connectivity index (χ4v) is 3.03. The Morgan fingerprint density at radius 2 is 1.20 bits per heavy atom. The summed E-state index contributed by atoms with van der Waals surface area (Å²) < 4.78 is 11.3. The molecule has 2 aromatic rings. The molecule has 2 aromatic carbocycles. The van der Waals surface area contributed by atoms with Crippen molar-refractivity contribution in [2.24, 2.45) is 0 Å². The standard InChI is InChI=1S/C22H30O3/c1-5-24-21(25-6-2)15-16-22(23,19-11-7-17(3)8-12-19)20-13-9-18(4)10-14-20/h7-14,21,23H,5-6,15-16H2,1-4H3. The predicted octanol–water partition coefficient (Wildman–Crippen LogP) is 4.72. The van der Waals surface area contributed by atoms with Gasteiger partial charge >= 0.3 is 0 Å². The van der Waals surface area contributed by atoms with Gasteiger partial charge in [0.25, 0.3) is 0 Å². The number of hydrogen-bond donors (Lipinski definition) is 1. The maximum absolute atomic E-state index is 11.6. The largest absolute Gasteiger partial charge is 0.380 e. The normalized spacial score (nSPS) is 11.9. The van der Waals surface area contributed by atoms with Gasteiger partial charge in [0, 0.05) is 19.6 Å². The molecule has 0 saturated heterocycles. The van der Waals surface area contributed by atoms with Gasteiger partial charge in [-0.15, -0.1) is 0 Å². The molecular formula is C22H30O3. The second kappa shape index (κ2) is 9.14. The lowest BCUT2D eigenvalue weighted by atomic mass is 9.82. The third-order valence-electron chi connectivity index (χ3n) is 4.51. The molecule has 3 heteroatoms. The van der Waals surface area contributed by atoms with Gasteiger partial charge in [0.1, 0.15) is 5.60 Å². The highest BCUT2D eigenvalue weighted by atomic mass is 16.7. The first kappa shape index (κ1) is 19.6. The molecule has 2 rings (SSSR count). The first-order chi connectivity index (χ1) is 12.0. The molecule has 0 heterocycles. The molecule has 0 amide bonds. The van der Waals surface area contributed by atoms with Crippen LogP contribution in [0.2, 0.25) is 0 Å². The molecule has 0 atom stereocenters. The number of aryl methyl sites for hydroxylation is 2. The molecule has 0 radical (unpaired) electrons. The highest BCUT2D eigenvalue weighted by Gasteiger charge is 2.32. The molecule has 1 N–H and O–H groups in total. The Bertz CT molecular complexity index is 580. The van der Waals surface area contributed by atoms with Gasteiger partial charge in [-0.3, -0.25) is 0 Å². The van der Waals surface area contributed by atoms with Gasteiger partial charge in [0.15, 0.2) is 6.29 Å². The Kier molecular flexibility index (Phi) is 7.18. The lowest BCUT2D eigenvalue weighted by Gasteiger charge is -2.31. The van der Waals surface area contributed by atoms with Crippen LogP contribution in [0.4, 0.5) is 0 Å². The summed E-state index contributed by atoms with van der Waals surface area (Å²) in [6.07, 6.45) is 0.862. The average Bonchev–Trinajstić information content (AvgIpc) is 2.61. The minimum atomic E-state index is -1.06. The number of aliphatic hydroxyl groups is 1. The van der Waals surface area contributed by atoms with Crippen LogP contribution in [0.3, 0.4) is 0 Å². The first-order valence-electron chi connectivity index (χ1n) is 9.09. The van der Waals surface area contributed by atoms with Crippen molar-refractivity contribution in [1.29, 1.82) is 0 Å². The van der Waals surface area contributed by atoms with E-state index in [-0.39, 0.29) is 6.29 Å². The van der Waals surface area contributed by atoms with Gasteiger partial charge in [-0.25, -0.2) is 0 Å². The van der Waals surface area contributed by atoms with Gasteiger partial charge in [0.05, 0.1) is 0 Å². The monoisotopic (exact) mass is 342 g/mol. The first-order valence-corrected chi connectivity index (χ1v) is 9.09. The zero-order valence-corrected chi connectivity index (χ0v) is 15.8. The Balaban J connectivity index is 2.31. The Hall–Kier alpha value is -1.68. The van der Waals surface area contributed by atoms with Crippen LogP contribution in [0.25, 0.3) is 0 Å². The second-order valence-electron chi connectivity index (χ2n) is 6.47. The zero-order chi connectivity index (χ0) is 18.3. The van der Waals surface area contributed by atoms with Crippen molar-refractivity contribution in [2.45, 2.75) is 52.4 Å². The SMILES string of the molecule is CCOC(CCC(O)(c1ccc(C)cc1)c1ccc(C)cc1)OCC. The number of ether oxygens (including phenoxy) is 2. The third kappa shape index (κ3) is 5.15. The molecule has 136 valence electrons. The molecule has 0 spiro atoms. The third-order valence-corrected chi connectivity index (χ3v) is 4.51. The van der Waals surface area contributed by atoms with E-state index in [4.69, 9.17) is 9.47 Å². The molecule has 0 unspecified atom stereocenters. The van der Waals surface area contributed by atoms with Gasteiger partial charge in [-0.1, -0.05) is 59.7 Å². The fraction of sp³-hybridized carbons (Fsp3) is 0.455. The molecular weight excluding hydrogens is 312 g/mol. The van der Waals surface area contributed by atoms with Crippen LogP contribution in [-0.2, 0) is 15.1 Å². The van der Waals surface area contributed by atoms with E-state index < -0.39 is 5.60 Å². The number of hydrogen-bond acceptors (Lipinski definition) is 3. The second-order valence-corrected chi connectivity index (χ2v) is 6.47. The molecule has 0 aliphatic rings. The van der Waals surface area contributed by atoms with E-state index in [9.17, 15) is 5.11 Å². The summed E-state index contributed by atoms with van der Waals surface area (Å²) in [7, 11) is 0. The van der Waals surface area contributed by atoms with Crippen LogP contribution in [-0.4, -0.2) is 24.6 Å². The van der Waals surface area contributed by atoms with Crippen molar-refractivity contribution in [1.82, 2.24) is 0 Å². The summed E-state index contributed by atoms with van der Waals surface area (Å²) >= 11 is 0. The Morgan fingerprint density at radius 3 is 1.56 bits per heavy atom. The van der Waals surface area contributed by atoms with Gasteiger partial charge < -0.3 is 14.6 Å². The number of benzene rings is 2. The minimum Gasteiger partial charge on any atom is -0.380 e. The average molecular weight is 342 g/mol. The fourth-order valence-electron chi connectivity index (χ4n) is 3.03. The summed E-state index contributed by atoms with van der Waals surface area (Å²) in [6, 6.07) is 16.2. The quantitative estimate of drug-likeness (QED) is 0.670. The summed E-state index contributed by atoms with van der Waals surface area (Å²) in [5, 5.41) is 11.6. The van der Waals surface area contributed by atoms with Crippen LogP contribution in [0, 0.1) is 13.8 Å². The zero-order valence-electron chi connectivity index (χ0n) is 15.8. The summed E-state index contributed by atoms with van der Waals surface area (Å²) in [6.45, 7) is 9.20. The van der Waals surface area contributed by atoms with Crippen molar-refractivity contribution < 1.29 is 14.6 Å². The van der Waals surface area contributed by atoms with Crippen LogP contribution in [0.5, 0.6) is 0 Å². The van der Waals surface area contributed by atoms with Crippen molar-refractivity contribution >= 4 is 0 Å². The smallest absolute Gasteiger partial charge is 0.157 e. The van der Waals surface area contributed by atoms with Crippen molar-refractivity contribution in [3.8, 4) is 0 Å². The molecule has 0 aromatic heterocycles. The lowest BCUT2D eigenvalue weighted by molar-refractivity contribution is -0.146. The van der Waals surface area contributed by atoms with E-state index in [0.29, 0.717) is 26.1 Å². The van der Waals surface area contributed by atoms with Gasteiger partial charge in [-0.05, 0) is 45.2 Å². The maximum atomic E-state index is 11.6. The van der Waals surface area contributed by atoms with Crippen LogP contribution in [0.1, 0.15) is 48.9 Å². The Morgan fingerprint density at radius 1 is 0.800 bits per heavy atom. The molecule has 25 heavy (non-hydrogen) atoms.